The maximum atomic E-state index is 12.0. The molecule has 166 valence electrons. The lowest BCUT2D eigenvalue weighted by Crippen LogP contribution is -2.46. The molecule has 3 aromatic carbocycles. The monoisotopic (exact) mass is 431 g/mol. The Balaban J connectivity index is 1.60. The molecular formula is C27H29NO4. The number of hydrogen-bond donors (Lipinski definition) is 1. The van der Waals surface area contributed by atoms with Crippen LogP contribution in [0.4, 0.5) is 0 Å². The van der Waals surface area contributed by atoms with E-state index < -0.39 is 12.0 Å². The first-order valence-electron chi connectivity index (χ1n) is 11.0. The molecule has 32 heavy (non-hydrogen) atoms. The van der Waals surface area contributed by atoms with Gasteiger partial charge in [-0.25, -0.2) is 0 Å². The number of ether oxygens (including phenoxy) is 2. The van der Waals surface area contributed by atoms with Gasteiger partial charge in [-0.05, 0) is 60.3 Å². The van der Waals surface area contributed by atoms with Crippen LogP contribution in [-0.4, -0.2) is 35.7 Å². The number of rotatable bonds is 8. The largest absolute Gasteiger partial charge is 0.497 e. The lowest BCUT2D eigenvalue weighted by atomic mass is 9.91. The minimum Gasteiger partial charge on any atom is -0.497 e. The van der Waals surface area contributed by atoms with Gasteiger partial charge in [-0.1, -0.05) is 61.0 Å². The van der Waals surface area contributed by atoms with Gasteiger partial charge in [0.25, 0.3) is 0 Å². The van der Waals surface area contributed by atoms with Gasteiger partial charge < -0.3 is 14.6 Å². The zero-order chi connectivity index (χ0) is 22.3. The van der Waals surface area contributed by atoms with Crippen molar-refractivity contribution in [2.24, 2.45) is 0 Å². The van der Waals surface area contributed by atoms with E-state index in [4.69, 9.17) is 9.47 Å². The minimum atomic E-state index is -0.758. The highest BCUT2D eigenvalue weighted by molar-refractivity contribution is 5.73. The first kappa shape index (κ1) is 21.9. The summed E-state index contributed by atoms with van der Waals surface area (Å²) in [7, 11) is 1.64. The van der Waals surface area contributed by atoms with Crippen LogP contribution >= 0.6 is 0 Å². The van der Waals surface area contributed by atoms with Crippen LogP contribution < -0.4 is 9.47 Å². The number of benzene rings is 3. The van der Waals surface area contributed by atoms with Gasteiger partial charge in [0.15, 0.2) is 0 Å². The van der Waals surface area contributed by atoms with E-state index in [0.717, 1.165) is 47.6 Å². The summed E-state index contributed by atoms with van der Waals surface area (Å²) in [6, 6.07) is 25.4. The molecule has 1 aliphatic heterocycles. The van der Waals surface area contributed by atoms with Crippen molar-refractivity contribution in [1.82, 2.24) is 4.90 Å². The van der Waals surface area contributed by atoms with Crippen LogP contribution in [0, 0.1) is 0 Å². The van der Waals surface area contributed by atoms with Crippen LogP contribution in [-0.2, 0) is 11.4 Å². The molecule has 4 rings (SSSR count). The molecular weight excluding hydrogens is 402 g/mol. The van der Waals surface area contributed by atoms with Crippen molar-refractivity contribution in [3.05, 3.63) is 95.6 Å². The van der Waals surface area contributed by atoms with Crippen molar-refractivity contribution >= 4 is 5.97 Å². The number of aliphatic carboxylic acids is 1. The molecule has 5 heteroatoms. The molecule has 1 saturated heterocycles. The Labute approximate surface area is 189 Å². The fourth-order valence-electron chi connectivity index (χ4n) is 4.38. The van der Waals surface area contributed by atoms with Gasteiger partial charge in [-0.15, -0.1) is 0 Å². The molecule has 0 bridgehead atoms. The van der Waals surface area contributed by atoms with Crippen molar-refractivity contribution in [1.29, 1.82) is 0 Å². The fraction of sp³-hybridized carbons (Fsp3) is 0.296. The summed E-state index contributed by atoms with van der Waals surface area (Å²) in [6.45, 7) is 1.26. The highest BCUT2D eigenvalue weighted by Crippen LogP contribution is 2.35. The van der Waals surface area contributed by atoms with E-state index >= 15 is 0 Å². The van der Waals surface area contributed by atoms with Crippen LogP contribution in [0.15, 0.2) is 78.9 Å². The van der Waals surface area contributed by atoms with Crippen LogP contribution in [0.2, 0.25) is 0 Å². The Hall–Kier alpha value is -3.31. The fourth-order valence-corrected chi connectivity index (χ4v) is 4.38. The normalized spacial score (nSPS) is 17.5. The first-order chi connectivity index (χ1) is 15.7. The molecule has 1 aliphatic rings. The van der Waals surface area contributed by atoms with E-state index in [1.165, 1.54) is 0 Å². The van der Waals surface area contributed by atoms with Crippen molar-refractivity contribution in [3.8, 4) is 11.5 Å². The smallest absolute Gasteiger partial charge is 0.320 e. The Morgan fingerprint density at radius 3 is 2.16 bits per heavy atom. The molecule has 0 aliphatic carbocycles. The van der Waals surface area contributed by atoms with Crippen LogP contribution in [0.3, 0.4) is 0 Å². The number of methoxy groups -OCH3 is 1. The Morgan fingerprint density at radius 1 is 0.938 bits per heavy atom. The summed E-state index contributed by atoms with van der Waals surface area (Å²) in [5.41, 5.74) is 3.22. The summed E-state index contributed by atoms with van der Waals surface area (Å²) in [5.74, 6) is 0.816. The third-order valence-corrected chi connectivity index (χ3v) is 6.04. The Morgan fingerprint density at radius 2 is 1.56 bits per heavy atom. The highest BCUT2D eigenvalue weighted by Gasteiger charge is 2.35. The molecule has 2 unspecified atom stereocenters. The lowest BCUT2D eigenvalue weighted by molar-refractivity contribution is -0.145. The second-order valence-corrected chi connectivity index (χ2v) is 8.11. The highest BCUT2D eigenvalue weighted by atomic mass is 16.5. The van der Waals surface area contributed by atoms with Crippen LogP contribution in [0.5, 0.6) is 11.5 Å². The van der Waals surface area contributed by atoms with Gasteiger partial charge >= 0.3 is 5.97 Å². The van der Waals surface area contributed by atoms with E-state index in [-0.39, 0.29) is 6.04 Å². The molecule has 2 atom stereocenters. The number of nitrogens with zero attached hydrogens (tertiary/aromatic N) is 1. The predicted molar refractivity (Wildman–Crippen MR) is 124 cm³/mol. The zero-order valence-electron chi connectivity index (χ0n) is 18.3. The number of carboxylic acids is 1. The molecule has 0 radical (unpaired) electrons. The van der Waals surface area contributed by atoms with Gasteiger partial charge in [-0.3, -0.25) is 9.69 Å². The predicted octanol–water partition coefficient (Wildman–Crippen LogP) is 5.30. The summed E-state index contributed by atoms with van der Waals surface area (Å²) in [4.78, 5) is 14.1. The van der Waals surface area contributed by atoms with E-state index in [1.54, 1.807) is 7.11 Å². The maximum absolute atomic E-state index is 12.0. The Bertz CT molecular complexity index is 1000. The molecule has 3 aromatic rings. The van der Waals surface area contributed by atoms with Gasteiger partial charge in [0.2, 0.25) is 0 Å². The van der Waals surface area contributed by atoms with Crippen LogP contribution in [0.25, 0.3) is 0 Å². The molecule has 0 amide bonds. The van der Waals surface area contributed by atoms with Crippen molar-refractivity contribution in [3.63, 3.8) is 0 Å². The van der Waals surface area contributed by atoms with Gasteiger partial charge in [-0.2, -0.15) is 0 Å². The summed E-state index contributed by atoms with van der Waals surface area (Å²) >= 11 is 0. The summed E-state index contributed by atoms with van der Waals surface area (Å²) < 4.78 is 11.3. The number of hydrogen-bond acceptors (Lipinski definition) is 4. The molecule has 1 fully saturated rings. The number of carbonyl (C=O) groups is 1. The van der Waals surface area contributed by atoms with E-state index in [1.807, 2.05) is 78.9 Å². The molecule has 0 saturated carbocycles. The maximum Gasteiger partial charge on any atom is 0.320 e. The van der Waals surface area contributed by atoms with Crippen molar-refractivity contribution in [2.75, 3.05) is 13.7 Å². The summed E-state index contributed by atoms with van der Waals surface area (Å²) in [5, 5.41) is 9.87. The third-order valence-electron chi connectivity index (χ3n) is 6.04. The van der Waals surface area contributed by atoms with E-state index in [9.17, 15) is 9.90 Å². The Kier molecular flexibility index (Phi) is 7.07. The molecule has 5 nitrogen and oxygen atoms in total. The van der Waals surface area contributed by atoms with Crippen molar-refractivity contribution < 1.29 is 19.4 Å². The molecule has 1 N–H and O–H groups in total. The third kappa shape index (κ3) is 5.11. The van der Waals surface area contributed by atoms with Gasteiger partial charge in [0.05, 0.1) is 13.2 Å². The average Bonchev–Trinajstić information content (AvgIpc) is 2.85. The first-order valence-corrected chi connectivity index (χ1v) is 11.0. The quantitative estimate of drug-likeness (QED) is 0.524. The van der Waals surface area contributed by atoms with E-state index in [2.05, 4.69) is 4.90 Å². The molecule has 1 heterocycles. The summed E-state index contributed by atoms with van der Waals surface area (Å²) in [6.07, 6.45) is 2.60. The zero-order valence-corrected chi connectivity index (χ0v) is 18.3. The van der Waals surface area contributed by atoms with Crippen LogP contribution in [0.1, 0.15) is 42.0 Å². The molecule has 0 aromatic heterocycles. The SMILES string of the molecule is COc1ccc(C(c2ccc(OCc3ccccc3)cc2)N2CCCCC2C(=O)O)cc1. The number of likely N-dealkylation sites (tertiary alicyclic amines) is 1. The molecule has 0 spiro atoms. The average molecular weight is 432 g/mol. The van der Waals surface area contributed by atoms with E-state index in [0.29, 0.717) is 13.0 Å². The van der Waals surface area contributed by atoms with Crippen molar-refractivity contribution in [2.45, 2.75) is 38.0 Å². The topological polar surface area (TPSA) is 59.0 Å². The van der Waals surface area contributed by atoms with Gasteiger partial charge in [0.1, 0.15) is 24.1 Å². The number of piperidine rings is 1. The second-order valence-electron chi connectivity index (χ2n) is 8.11. The number of carboxylic acid groups (broad SMARTS) is 1. The lowest BCUT2D eigenvalue weighted by Gasteiger charge is -2.39. The van der Waals surface area contributed by atoms with Gasteiger partial charge in [0, 0.05) is 0 Å². The minimum absolute atomic E-state index is 0.148. The second kappa shape index (κ2) is 10.3. The standard InChI is InChI=1S/C27H29NO4/c1-31-23-14-10-21(11-15-23)26(28-18-6-5-9-25(28)27(29)30)22-12-16-24(17-13-22)32-19-20-7-3-2-4-8-20/h2-4,7-8,10-17,25-26H,5-6,9,18-19H2,1H3,(H,29,30).